The van der Waals surface area contributed by atoms with E-state index in [9.17, 15) is 9.59 Å². The van der Waals surface area contributed by atoms with Gasteiger partial charge in [0.1, 0.15) is 0 Å². The number of carbonyl (C=O) groups is 2. The second-order valence-corrected chi connectivity index (χ2v) is 9.28. The smallest absolute Gasteiger partial charge is 0.309 e. The summed E-state index contributed by atoms with van der Waals surface area (Å²) in [5.74, 6) is -0.929. The highest BCUT2D eigenvalue weighted by molar-refractivity contribution is 7.15. The topological polar surface area (TPSA) is 79.3 Å². The van der Waals surface area contributed by atoms with Gasteiger partial charge in [-0.2, -0.15) is 0 Å². The summed E-state index contributed by atoms with van der Waals surface area (Å²) in [7, 11) is 0. The first-order valence-electron chi connectivity index (χ1n) is 12.2. The van der Waals surface area contributed by atoms with E-state index in [4.69, 9.17) is 5.11 Å². The van der Waals surface area contributed by atoms with Crippen LogP contribution < -0.4 is 5.32 Å². The number of rotatable bonds is 19. The van der Waals surface area contributed by atoms with Crippen LogP contribution in [0.2, 0.25) is 0 Å². The fourth-order valence-corrected chi connectivity index (χ4v) is 4.47. The highest BCUT2D eigenvalue weighted by Gasteiger charge is 2.14. The number of unbranched alkanes of at least 4 members (excludes halogenated alkanes) is 11. The van der Waals surface area contributed by atoms with Gasteiger partial charge < -0.3 is 10.4 Å². The van der Waals surface area contributed by atoms with Crippen LogP contribution in [0.15, 0.2) is 12.2 Å². The van der Waals surface area contributed by atoms with Gasteiger partial charge in [0, 0.05) is 11.3 Å². The Kier molecular flexibility index (Phi) is 15.8. The van der Waals surface area contributed by atoms with E-state index in [1.807, 2.05) is 6.92 Å². The monoisotopic (exact) mass is 450 g/mol. The van der Waals surface area contributed by atoms with Crippen molar-refractivity contribution < 1.29 is 14.7 Å². The maximum absolute atomic E-state index is 12.1. The zero-order valence-electron chi connectivity index (χ0n) is 19.6. The molecule has 0 aliphatic rings. The molecule has 6 heteroatoms. The van der Waals surface area contributed by atoms with Crippen LogP contribution in [-0.2, 0) is 22.4 Å². The second-order valence-electron chi connectivity index (χ2n) is 8.20. The molecule has 0 aliphatic heterocycles. The first kappa shape index (κ1) is 27.3. The van der Waals surface area contributed by atoms with Crippen LogP contribution in [0.5, 0.6) is 0 Å². The number of anilines is 1. The maximum atomic E-state index is 12.1. The van der Waals surface area contributed by atoms with Crippen molar-refractivity contribution >= 4 is 28.3 Å². The summed E-state index contributed by atoms with van der Waals surface area (Å²) in [5, 5.41) is 12.3. The molecule has 1 aromatic heterocycles. The van der Waals surface area contributed by atoms with Gasteiger partial charge in [0.2, 0.25) is 5.91 Å². The summed E-state index contributed by atoms with van der Waals surface area (Å²) in [5.41, 5.74) is 0.566. The average molecular weight is 451 g/mol. The van der Waals surface area contributed by atoms with E-state index in [0.717, 1.165) is 24.1 Å². The van der Waals surface area contributed by atoms with Crippen LogP contribution in [0.4, 0.5) is 5.13 Å². The predicted molar refractivity (Wildman–Crippen MR) is 131 cm³/mol. The number of thiazole rings is 1. The molecule has 0 spiro atoms. The van der Waals surface area contributed by atoms with Crippen molar-refractivity contribution in [1.29, 1.82) is 0 Å². The van der Waals surface area contributed by atoms with Crippen molar-refractivity contribution in [3.05, 3.63) is 22.7 Å². The second kappa shape index (κ2) is 17.9. The number of aryl methyl sites for hydroxylation is 1. The lowest BCUT2D eigenvalue weighted by Crippen LogP contribution is -2.11. The predicted octanol–water partition coefficient (Wildman–Crippen LogP) is 7.31. The molecule has 2 N–H and O–H groups in total. The average Bonchev–Trinajstić information content (AvgIpc) is 3.11. The molecule has 5 nitrogen and oxygen atoms in total. The van der Waals surface area contributed by atoms with Crippen molar-refractivity contribution in [1.82, 2.24) is 4.98 Å². The lowest BCUT2D eigenvalue weighted by Gasteiger charge is -2.02. The van der Waals surface area contributed by atoms with Crippen LogP contribution in [0.25, 0.3) is 0 Å². The van der Waals surface area contributed by atoms with E-state index in [1.54, 1.807) is 0 Å². The van der Waals surface area contributed by atoms with Crippen molar-refractivity contribution in [3.8, 4) is 0 Å². The minimum absolute atomic E-state index is 0.0316. The molecule has 0 atom stereocenters. The van der Waals surface area contributed by atoms with Gasteiger partial charge in [-0.05, 0) is 38.5 Å². The van der Waals surface area contributed by atoms with E-state index in [-0.39, 0.29) is 12.3 Å². The molecule has 1 heterocycles. The number of carbonyl (C=O) groups excluding carboxylic acids is 1. The van der Waals surface area contributed by atoms with E-state index < -0.39 is 5.97 Å². The number of allylic oxidation sites excluding steroid dienone is 2. The highest BCUT2D eigenvalue weighted by atomic mass is 32.1. The lowest BCUT2D eigenvalue weighted by molar-refractivity contribution is -0.136. The first-order chi connectivity index (χ1) is 15.1. The minimum atomic E-state index is -0.897. The molecule has 1 rings (SSSR count). The van der Waals surface area contributed by atoms with E-state index in [2.05, 4.69) is 29.4 Å². The van der Waals surface area contributed by atoms with Crippen molar-refractivity contribution in [2.75, 3.05) is 5.32 Å². The third-order valence-electron chi connectivity index (χ3n) is 5.33. The Hall–Kier alpha value is -1.69. The van der Waals surface area contributed by atoms with Crippen LogP contribution in [-0.4, -0.2) is 22.0 Å². The zero-order chi connectivity index (χ0) is 22.7. The number of carboxylic acids is 1. The van der Waals surface area contributed by atoms with Gasteiger partial charge in [0.05, 0.1) is 12.1 Å². The molecule has 1 amide bonds. The van der Waals surface area contributed by atoms with Crippen LogP contribution >= 0.6 is 11.3 Å². The number of hydrogen-bond acceptors (Lipinski definition) is 4. The highest BCUT2D eigenvalue weighted by Crippen LogP contribution is 2.24. The van der Waals surface area contributed by atoms with Crippen molar-refractivity contribution in [2.45, 2.75) is 117 Å². The molecule has 0 aliphatic carbocycles. The fourth-order valence-electron chi connectivity index (χ4n) is 3.53. The Labute approximate surface area is 192 Å². The third kappa shape index (κ3) is 14.1. The lowest BCUT2D eigenvalue weighted by atomic mass is 10.1. The molecule has 0 fully saturated rings. The summed E-state index contributed by atoms with van der Waals surface area (Å²) >= 11 is 1.38. The normalized spacial score (nSPS) is 11.3. The number of hydrogen-bond donors (Lipinski definition) is 2. The molecule has 0 radical (unpaired) electrons. The quantitative estimate of drug-likeness (QED) is 0.171. The Balaban J connectivity index is 2.02. The molecule has 0 bridgehead atoms. The third-order valence-corrected chi connectivity index (χ3v) is 6.49. The van der Waals surface area contributed by atoms with E-state index >= 15 is 0 Å². The van der Waals surface area contributed by atoms with Crippen LogP contribution in [0.1, 0.15) is 114 Å². The molecule has 0 saturated carbocycles. The summed E-state index contributed by atoms with van der Waals surface area (Å²) in [6.07, 6.45) is 21.9. The van der Waals surface area contributed by atoms with Crippen molar-refractivity contribution in [2.24, 2.45) is 0 Å². The van der Waals surface area contributed by atoms with Gasteiger partial charge in [-0.15, -0.1) is 11.3 Å². The number of amides is 1. The van der Waals surface area contributed by atoms with Crippen LogP contribution in [0, 0.1) is 0 Å². The van der Waals surface area contributed by atoms with Crippen molar-refractivity contribution in [3.63, 3.8) is 0 Å². The molecular formula is C25H42N2O3S. The van der Waals surface area contributed by atoms with Crippen LogP contribution in [0.3, 0.4) is 0 Å². The van der Waals surface area contributed by atoms with Gasteiger partial charge in [0.15, 0.2) is 5.13 Å². The number of nitrogens with zero attached hydrogens (tertiary/aromatic N) is 1. The Morgan fingerprint density at radius 1 is 0.903 bits per heavy atom. The number of carboxylic acid groups (broad SMARTS) is 1. The molecule has 0 aromatic carbocycles. The summed E-state index contributed by atoms with van der Waals surface area (Å²) in [6.45, 7) is 4.23. The Morgan fingerprint density at radius 3 is 2.06 bits per heavy atom. The minimum Gasteiger partial charge on any atom is -0.481 e. The standard InChI is InChI=1S/C25H42N2O3S/c1-3-5-6-7-8-9-10-11-12-13-14-15-16-17-18-19-23(28)27-25-26-21(20-24(29)30)22(4-2)31-25/h11-12H,3-10,13-20H2,1-2H3,(H,29,30)(H,26,27,28). The van der Waals surface area contributed by atoms with Gasteiger partial charge in [-0.1, -0.05) is 77.4 Å². The summed E-state index contributed by atoms with van der Waals surface area (Å²) < 4.78 is 0. The van der Waals surface area contributed by atoms with E-state index in [1.165, 1.54) is 82.0 Å². The van der Waals surface area contributed by atoms with Gasteiger partial charge in [-0.25, -0.2) is 4.98 Å². The molecular weight excluding hydrogens is 408 g/mol. The van der Waals surface area contributed by atoms with Gasteiger partial charge in [-0.3, -0.25) is 9.59 Å². The largest absolute Gasteiger partial charge is 0.481 e. The molecule has 1 aromatic rings. The molecule has 31 heavy (non-hydrogen) atoms. The van der Waals surface area contributed by atoms with Gasteiger partial charge in [0.25, 0.3) is 0 Å². The Morgan fingerprint density at radius 2 is 1.48 bits per heavy atom. The van der Waals surface area contributed by atoms with Gasteiger partial charge >= 0.3 is 5.97 Å². The molecule has 0 saturated heterocycles. The summed E-state index contributed by atoms with van der Waals surface area (Å²) in [4.78, 5) is 28.2. The number of aromatic nitrogens is 1. The SMILES string of the molecule is CCCCCCCCC=CCCCCCCCC(=O)Nc1nc(CC(=O)O)c(CC)s1. The first-order valence-corrected chi connectivity index (χ1v) is 13.0. The zero-order valence-corrected chi connectivity index (χ0v) is 20.4. The van der Waals surface area contributed by atoms with E-state index in [0.29, 0.717) is 17.2 Å². The molecule has 176 valence electrons. The number of nitrogens with one attached hydrogen (secondary N) is 1. The summed E-state index contributed by atoms with van der Waals surface area (Å²) in [6, 6.07) is 0. The molecule has 0 unspecified atom stereocenters. The number of aliphatic carboxylic acids is 1. The maximum Gasteiger partial charge on any atom is 0.309 e. The Bertz CT molecular complexity index is 655. The fraction of sp³-hybridized carbons (Fsp3) is 0.720.